The number of aryl methyl sites for hydroxylation is 2. The van der Waals surface area contributed by atoms with Gasteiger partial charge in [0.1, 0.15) is 17.6 Å². The zero-order chi connectivity index (χ0) is 19.9. The number of hydrogen-bond acceptors (Lipinski definition) is 4. The molecule has 0 aliphatic carbocycles. The van der Waals surface area contributed by atoms with E-state index in [2.05, 4.69) is 32.0 Å². The first-order valence-electron chi connectivity index (χ1n) is 9.83. The summed E-state index contributed by atoms with van der Waals surface area (Å²) in [5.74, 6) is 2.86. The largest absolute Gasteiger partial charge is 0.497 e. The number of methoxy groups -OCH3 is 1. The first kappa shape index (κ1) is 20.6. The lowest BCUT2D eigenvalue weighted by atomic mass is 10.1. The van der Waals surface area contributed by atoms with Crippen molar-refractivity contribution in [3.8, 4) is 11.5 Å². The first-order valence-corrected chi connectivity index (χ1v) is 10.8. The minimum Gasteiger partial charge on any atom is -0.497 e. The number of nitrogens with zero attached hydrogens (tertiary/aromatic N) is 1. The Morgan fingerprint density at radius 3 is 2.50 bits per heavy atom. The highest BCUT2D eigenvalue weighted by atomic mass is 32.2. The van der Waals surface area contributed by atoms with Crippen LogP contribution in [0.1, 0.15) is 30.4 Å². The molecular weight excluding hydrogens is 370 g/mol. The highest BCUT2D eigenvalue weighted by Gasteiger charge is 2.24. The second-order valence-electron chi connectivity index (χ2n) is 7.24. The maximum atomic E-state index is 12.5. The molecule has 0 bridgehead atoms. The summed E-state index contributed by atoms with van der Waals surface area (Å²) < 4.78 is 11.4. The summed E-state index contributed by atoms with van der Waals surface area (Å²) in [5.41, 5.74) is 2.38. The lowest BCUT2D eigenvalue weighted by Crippen LogP contribution is -2.41. The third-order valence-electron chi connectivity index (χ3n) is 5.08. The van der Waals surface area contributed by atoms with Crippen LogP contribution in [-0.4, -0.2) is 42.9 Å². The third kappa shape index (κ3) is 5.68. The molecule has 0 saturated carbocycles. The van der Waals surface area contributed by atoms with E-state index in [9.17, 15) is 4.79 Å². The molecule has 2 aromatic carbocycles. The molecule has 0 aromatic heterocycles. The van der Waals surface area contributed by atoms with Crippen LogP contribution in [0.25, 0.3) is 0 Å². The highest BCUT2D eigenvalue weighted by molar-refractivity contribution is 7.99. The van der Waals surface area contributed by atoms with E-state index in [0.717, 1.165) is 48.1 Å². The highest BCUT2D eigenvalue weighted by Crippen LogP contribution is 2.25. The number of likely N-dealkylation sites (tertiary alicyclic amines) is 1. The smallest absolute Gasteiger partial charge is 0.223 e. The van der Waals surface area contributed by atoms with Crippen LogP contribution in [0.5, 0.6) is 11.5 Å². The van der Waals surface area contributed by atoms with Crippen LogP contribution in [0.15, 0.2) is 47.4 Å². The van der Waals surface area contributed by atoms with Gasteiger partial charge in [0, 0.05) is 43.0 Å². The fourth-order valence-corrected chi connectivity index (χ4v) is 4.16. The van der Waals surface area contributed by atoms with Crippen molar-refractivity contribution >= 4 is 17.7 Å². The standard InChI is InChI=1S/C23H29NO3S/c1-17-4-5-18(2)22(16-17)27-20-10-13-24(14-11-20)23(25)12-15-28-21-8-6-19(26-3)7-9-21/h4-9,16,20H,10-15H2,1-3H3. The summed E-state index contributed by atoms with van der Waals surface area (Å²) in [5, 5.41) is 0. The monoisotopic (exact) mass is 399 g/mol. The molecule has 2 aromatic rings. The molecule has 4 nitrogen and oxygen atoms in total. The summed E-state index contributed by atoms with van der Waals surface area (Å²) in [6.45, 7) is 5.72. The Morgan fingerprint density at radius 2 is 1.82 bits per heavy atom. The number of piperidine rings is 1. The normalized spacial score (nSPS) is 14.8. The van der Waals surface area contributed by atoms with E-state index < -0.39 is 0 Å². The Balaban J connectivity index is 1.40. The molecule has 150 valence electrons. The predicted molar refractivity (Wildman–Crippen MR) is 114 cm³/mol. The first-order chi connectivity index (χ1) is 13.5. The van der Waals surface area contributed by atoms with Crippen LogP contribution < -0.4 is 9.47 Å². The van der Waals surface area contributed by atoms with Crippen LogP contribution in [0.3, 0.4) is 0 Å². The predicted octanol–water partition coefficient (Wildman–Crippen LogP) is 4.86. The summed E-state index contributed by atoms with van der Waals surface area (Å²) in [4.78, 5) is 15.6. The van der Waals surface area contributed by atoms with Crippen molar-refractivity contribution < 1.29 is 14.3 Å². The summed E-state index contributed by atoms with van der Waals surface area (Å²) in [6.07, 6.45) is 2.55. The number of carbonyl (C=O) groups is 1. The molecule has 0 atom stereocenters. The molecule has 1 saturated heterocycles. The topological polar surface area (TPSA) is 38.8 Å². The van der Waals surface area contributed by atoms with Gasteiger partial charge in [-0.05, 0) is 55.3 Å². The van der Waals surface area contributed by atoms with Crippen LogP contribution in [-0.2, 0) is 4.79 Å². The van der Waals surface area contributed by atoms with Crippen molar-refractivity contribution in [3.63, 3.8) is 0 Å². The molecule has 0 N–H and O–H groups in total. The average molecular weight is 400 g/mol. The van der Waals surface area contributed by atoms with Crippen molar-refractivity contribution in [1.29, 1.82) is 0 Å². The average Bonchev–Trinajstić information content (AvgIpc) is 2.71. The van der Waals surface area contributed by atoms with Gasteiger partial charge in [-0.3, -0.25) is 4.79 Å². The van der Waals surface area contributed by atoms with Gasteiger partial charge in [0.15, 0.2) is 0 Å². The maximum Gasteiger partial charge on any atom is 0.223 e. The molecular formula is C23H29NO3S. The molecule has 1 amide bonds. The Hall–Kier alpha value is -2.14. The Bertz CT molecular complexity index is 783. The molecule has 1 heterocycles. The number of benzene rings is 2. The van der Waals surface area contributed by atoms with Crippen molar-refractivity contribution in [1.82, 2.24) is 4.90 Å². The van der Waals surface area contributed by atoms with Gasteiger partial charge < -0.3 is 14.4 Å². The Labute approximate surface area is 172 Å². The van der Waals surface area contributed by atoms with Crippen molar-refractivity contribution in [2.75, 3.05) is 26.0 Å². The van der Waals surface area contributed by atoms with E-state index in [1.165, 1.54) is 11.1 Å². The number of carbonyl (C=O) groups excluding carboxylic acids is 1. The van der Waals surface area contributed by atoms with E-state index in [1.54, 1.807) is 18.9 Å². The molecule has 3 rings (SSSR count). The molecule has 1 aliphatic heterocycles. The van der Waals surface area contributed by atoms with Gasteiger partial charge in [-0.15, -0.1) is 11.8 Å². The molecule has 1 aliphatic rings. The minimum atomic E-state index is 0.193. The molecule has 1 fully saturated rings. The molecule has 0 unspecified atom stereocenters. The minimum absolute atomic E-state index is 0.193. The van der Waals surface area contributed by atoms with Crippen molar-refractivity contribution in [3.05, 3.63) is 53.6 Å². The van der Waals surface area contributed by atoms with Crippen LogP contribution in [0.4, 0.5) is 0 Å². The lowest BCUT2D eigenvalue weighted by Gasteiger charge is -2.32. The number of hydrogen-bond donors (Lipinski definition) is 0. The van der Waals surface area contributed by atoms with Crippen molar-refractivity contribution in [2.24, 2.45) is 0 Å². The van der Waals surface area contributed by atoms with E-state index >= 15 is 0 Å². The second kappa shape index (κ2) is 9.87. The number of rotatable bonds is 7. The Morgan fingerprint density at radius 1 is 1.11 bits per heavy atom. The van der Waals surface area contributed by atoms with Gasteiger partial charge in [0.2, 0.25) is 5.91 Å². The SMILES string of the molecule is COc1ccc(SCCC(=O)N2CCC(Oc3cc(C)ccc3C)CC2)cc1. The van der Waals surface area contributed by atoms with E-state index in [1.807, 2.05) is 29.2 Å². The van der Waals surface area contributed by atoms with Crippen LogP contribution in [0, 0.1) is 13.8 Å². The van der Waals surface area contributed by atoms with Gasteiger partial charge in [-0.25, -0.2) is 0 Å². The van der Waals surface area contributed by atoms with E-state index in [0.29, 0.717) is 6.42 Å². The molecule has 0 spiro atoms. The van der Waals surface area contributed by atoms with Gasteiger partial charge in [-0.2, -0.15) is 0 Å². The Kier molecular flexibility index (Phi) is 7.26. The lowest BCUT2D eigenvalue weighted by molar-refractivity contribution is -0.132. The summed E-state index contributed by atoms with van der Waals surface area (Å²) in [6, 6.07) is 14.3. The fourth-order valence-electron chi connectivity index (χ4n) is 3.32. The van der Waals surface area contributed by atoms with Gasteiger partial charge in [0.25, 0.3) is 0 Å². The summed E-state index contributed by atoms with van der Waals surface area (Å²) >= 11 is 1.71. The zero-order valence-corrected chi connectivity index (χ0v) is 17.8. The van der Waals surface area contributed by atoms with E-state index in [-0.39, 0.29) is 12.0 Å². The van der Waals surface area contributed by atoms with Crippen LogP contribution >= 0.6 is 11.8 Å². The molecule has 0 radical (unpaired) electrons. The third-order valence-corrected chi connectivity index (χ3v) is 6.09. The zero-order valence-electron chi connectivity index (χ0n) is 16.9. The molecule has 28 heavy (non-hydrogen) atoms. The van der Waals surface area contributed by atoms with Gasteiger partial charge >= 0.3 is 0 Å². The summed E-state index contributed by atoms with van der Waals surface area (Å²) in [7, 11) is 1.66. The maximum absolute atomic E-state index is 12.5. The van der Waals surface area contributed by atoms with Gasteiger partial charge in [0.05, 0.1) is 7.11 Å². The fraction of sp³-hybridized carbons (Fsp3) is 0.435. The molecule has 5 heteroatoms. The number of ether oxygens (including phenoxy) is 2. The van der Waals surface area contributed by atoms with Crippen molar-refractivity contribution in [2.45, 2.75) is 44.1 Å². The van der Waals surface area contributed by atoms with Crippen LogP contribution in [0.2, 0.25) is 0 Å². The number of thioether (sulfide) groups is 1. The number of amides is 1. The second-order valence-corrected chi connectivity index (χ2v) is 8.41. The van der Waals surface area contributed by atoms with E-state index in [4.69, 9.17) is 9.47 Å². The van der Waals surface area contributed by atoms with Gasteiger partial charge in [-0.1, -0.05) is 12.1 Å². The quantitative estimate of drug-likeness (QED) is 0.623.